The number of hydrogen-bond donors (Lipinski definition) is 0. The molecule has 0 heterocycles. The van der Waals surface area contributed by atoms with Crippen LogP contribution in [-0.2, 0) is 19.2 Å². The maximum Gasteiger partial charge on any atom is 0.202 e. The fraction of sp³-hybridized carbons (Fsp3) is 0.692. The van der Waals surface area contributed by atoms with E-state index >= 15 is 0 Å². The molecule has 17 heavy (non-hydrogen) atoms. The van der Waals surface area contributed by atoms with Crippen LogP contribution in [0.2, 0.25) is 0 Å². The van der Waals surface area contributed by atoms with Gasteiger partial charge in [-0.15, -0.1) is 0 Å². The summed E-state index contributed by atoms with van der Waals surface area (Å²) in [6.45, 7) is 6.54. The molecule has 0 aromatic rings. The minimum absolute atomic E-state index is 0.236. The predicted molar refractivity (Wildman–Crippen MR) is 63.4 cm³/mol. The van der Waals surface area contributed by atoms with Gasteiger partial charge in [0.1, 0.15) is 12.6 Å². The maximum absolute atomic E-state index is 11.8. The summed E-state index contributed by atoms with van der Waals surface area (Å²) in [5, 5.41) is 0. The second kappa shape index (κ2) is 7.09. The molecular weight excluding hydrogens is 220 g/mol. The molecular formula is C13H20O4. The van der Waals surface area contributed by atoms with Crippen molar-refractivity contribution in [3.8, 4) is 0 Å². The molecule has 0 bridgehead atoms. The van der Waals surface area contributed by atoms with Gasteiger partial charge in [0.05, 0.1) is 0 Å². The lowest BCUT2D eigenvalue weighted by Crippen LogP contribution is -2.31. The van der Waals surface area contributed by atoms with Gasteiger partial charge in [-0.05, 0) is 6.42 Å². The fourth-order valence-electron chi connectivity index (χ4n) is 1.54. The van der Waals surface area contributed by atoms with E-state index in [1.807, 2.05) is 0 Å². The highest BCUT2D eigenvalue weighted by atomic mass is 16.2. The van der Waals surface area contributed by atoms with Gasteiger partial charge < -0.3 is 9.59 Å². The van der Waals surface area contributed by atoms with Gasteiger partial charge in [0.2, 0.25) is 11.6 Å². The lowest BCUT2D eigenvalue weighted by atomic mass is 9.85. The second-order valence-electron chi connectivity index (χ2n) is 4.76. The number of carbonyl (C=O) groups excluding carboxylic acids is 4. The number of rotatable bonds is 8. The first-order chi connectivity index (χ1) is 7.84. The Hall–Kier alpha value is -1.32. The van der Waals surface area contributed by atoms with Crippen molar-refractivity contribution < 1.29 is 19.2 Å². The van der Waals surface area contributed by atoms with E-state index in [2.05, 4.69) is 0 Å². The summed E-state index contributed by atoms with van der Waals surface area (Å²) in [7, 11) is 0. The SMILES string of the molecule is CC(C=O)CC(C)C(=O)C(=O)C(C)C(C)C=O. The van der Waals surface area contributed by atoms with Gasteiger partial charge in [-0.25, -0.2) is 0 Å². The quantitative estimate of drug-likeness (QED) is 0.476. The predicted octanol–water partition coefficient (Wildman–Crippen LogP) is 1.46. The van der Waals surface area contributed by atoms with E-state index < -0.39 is 29.3 Å². The maximum atomic E-state index is 11.8. The zero-order valence-corrected chi connectivity index (χ0v) is 10.8. The van der Waals surface area contributed by atoms with Crippen LogP contribution in [0.3, 0.4) is 0 Å². The summed E-state index contributed by atoms with van der Waals surface area (Å²) in [6, 6.07) is 0. The summed E-state index contributed by atoms with van der Waals surface area (Å²) in [5.41, 5.74) is 0. The van der Waals surface area contributed by atoms with Crippen LogP contribution in [-0.4, -0.2) is 24.1 Å². The zero-order valence-electron chi connectivity index (χ0n) is 10.8. The highest BCUT2D eigenvalue weighted by Gasteiger charge is 2.29. The molecule has 4 heteroatoms. The summed E-state index contributed by atoms with van der Waals surface area (Å²) >= 11 is 0. The van der Waals surface area contributed by atoms with Crippen LogP contribution in [0.5, 0.6) is 0 Å². The van der Waals surface area contributed by atoms with E-state index in [1.54, 1.807) is 27.7 Å². The Morgan fingerprint density at radius 3 is 1.88 bits per heavy atom. The first kappa shape index (κ1) is 15.7. The lowest BCUT2D eigenvalue weighted by Gasteiger charge is -2.16. The highest BCUT2D eigenvalue weighted by Crippen LogP contribution is 2.17. The molecule has 0 amide bonds. The molecule has 0 spiro atoms. The first-order valence-corrected chi connectivity index (χ1v) is 5.83. The van der Waals surface area contributed by atoms with Crippen LogP contribution in [0.4, 0.5) is 0 Å². The fourth-order valence-corrected chi connectivity index (χ4v) is 1.54. The van der Waals surface area contributed by atoms with Gasteiger partial charge in [-0.3, -0.25) is 9.59 Å². The molecule has 0 fully saturated rings. The largest absolute Gasteiger partial charge is 0.303 e. The molecule has 0 aromatic carbocycles. The Labute approximate surface area is 102 Å². The molecule has 0 saturated carbocycles. The zero-order chi connectivity index (χ0) is 13.6. The molecule has 0 aromatic heterocycles. The Morgan fingerprint density at radius 1 is 0.941 bits per heavy atom. The van der Waals surface area contributed by atoms with Crippen molar-refractivity contribution in [2.45, 2.75) is 34.1 Å². The van der Waals surface area contributed by atoms with E-state index in [0.29, 0.717) is 12.7 Å². The van der Waals surface area contributed by atoms with E-state index in [1.165, 1.54) is 0 Å². The molecule has 0 saturated heterocycles. The Kier molecular flexibility index (Phi) is 6.54. The van der Waals surface area contributed by atoms with Gasteiger partial charge in [0, 0.05) is 23.7 Å². The average Bonchev–Trinajstić information content (AvgIpc) is 2.34. The van der Waals surface area contributed by atoms with E-state index in [9.17, 15) is 19.2 Å². The van der Waals surface area contributed by atoms with Gasteiger partial charge >= 0.3 is 0 Å². The summed E-state index contributed by atoms with van der Waals surface area (Å²) < 4.78 is 0. The Balaban J connectivity index is 4.54. The molecule has 0 aliphatic heterocycles. The monoisotopic (exact) mass is 240 g/mol. The summed E-state index contributed by atoms with van der Waals surface area (Å²) in [6.07, 6.45) is 1.82. The average molecular weight is 240 g/mol. The number of Topliss-reactive ketones (excluding diaryl/α,β-unsaturated/α-hetero) is 2. The van der Waals surface area contributed by atoms with E-state index in [-0.39, 0.29) is 5.92 Å². The number of carbonyl (C=O) groups is 4. The van der Waals surface area contributed by atoms with Crippen LogP contribution in [0.1, 0.15) is 34.1 Å². The number of hydrogen-bond acceptors (Lipinski definition) is 4. The molecule has 0 radical (unpaired) electrons. The van der Waals surface area contributed by atoms with Crippen molar-refractivity contribution >= 4 is 24.1 Å². The second-order valence-corrected chi connectivity index (χ2v) is 4.76. The standard InChI is InChI=1S/C13H20O4/c1-8(6-14)5-9(2)12(16)13(17)11(4)10(3)7-15/h6-11H,5H2,1-4H3. The summed E-state index contributed by atoms with van der Waals surface area (Å²) in [4.78, 5) is 44.6. The molecule has 0 N–H and O–H groups in total. The lowest BCUT2D eigenvalue weighted by molar-refractivity contribution is -0.142. The third kappa shape index (κ3) is 4.59. The molecule has 0 rings (SSSR count). The molecule has 4 nitrogen and oxygen atoms in total. The van der Waals surface area contributed by atoms with Crippen LogP contribution in [0, 0.1) is 23.7 Å². The third-order valence-electron chi connectivity index (χ3n) is 3.06. The van der Waals surface area contributed by atoms with Crippen molar-refractivity contribution in [2.75, 3.05) is 0 Å². The smallest absolute Gasteiger partial charge is 0.202 e. The van der Waals surface area contributed by atoms with Crippen molar-refractivity contribution in [1.29, 1.82) is 0 Å². The van der Waals surface area contributed by atoms with Gasteiger partial charge in [-0.2, -0.15) is 0 Å². The summed E-state index contributed by atoms with van der Waals surface area (Å²) in [5.74, 6) is -2.75. The molecule has 4 atom stereocenters. The van der Waals surface area contributed by atoms with Crippen LogP contribution >= 0.6 is 0 Å². The molecule has 0 aliphatic rings. The van der Waals surface area contributed by atoms with Crippen LogP contribution in [0.25, 0.3) is 0 Å². The van der Waals surface area contributed by atoms with Gasteiger partial charge in [-0.1, -0.05) is 27.7 Å². The van der Waals surface area contributed by atoms with Crippen LogP contribution < -0.4 is 0 Å². The van der Waals surface area contributed by atoms with Crippen molar-refractivity contribution in [1.82, 2.24) is 0 Å². The molecule has 0 aliphatic carbocycles. The number of aldehydes is 2. The first-order valence-electron chi connectivity index (χ1n) is 5.83. The topological polar surface area (TPSA) is 68.3 Å². The van der Waals surface area contributed by atoms with Crippen molar-refractivity contribution in [2.24, 2.45) is 23.7 Å². The van der Waals surface area contributed by atoms with E-state index in [0.717, 1.165) is 6.29 Å². The van der Waals surface area contributed by atoms with Crippen molar-refractivity contribution in [3.63, 3.8) is 0 Å². The van der Waals surface area contributed by atoms with E-state index in [4.69, 9.17) is 0 Å². The molecule has 96 valence electrons. The third-order valence-corrected chi connectivity index (χ3v) is 3.06. The highest BCUT2D eigenvalue weighted by molar-refractivity contribution is 6.38. The Morgan fingerprint density at radius 2 is 1.47 bits per heavy atom. The minimum Gasteiger partial charge on any atom is -0.303 e. The minimum atomic E-state index is -0.589. The molecule has 4 unspecified atom stereocenters. The van der Waals surface area contributed by atoms with Crippen molar-refractivity contribution in [3.05, 3.63) is 0 Å². The number of ketones is 2. The Bertz CT molecular complexity index is 309. The van der Waals surface area contributed by atoms with Gasteiger partial charge in [0.25, 0.3) is 0 Å². The van der Waals surface area contributed by atoms with Crippen LogP contribution in [0.15, 0.2) is 0 Å². The normalized spacial score (nSPS) is 17.6. The van der Waals surface area contributed by atoms with Gasteiger partial charge in [0.15, 0.2) is 0 Å².